The highest BCUT2D eigenvalue weighted by molar-refractivity contribution is 7.99. The summed E-state index contributed by atoms with van der Waals surface area (Å²) in [5.41, 5.74) is 0.989. The van der Waals surface area contributed by atoms with Crippen molar-refractivity contribution in [2.45, 2.75) is 50.9 Å². The first-order chi connectivity index (χ1) is 11.6. The Bertz CT molecular complexity index is 662. The summed E-state index contributed by atoms with van der Waals surface area (Å²) in [5.74, 6) is 0.285. The van der Waals surface area contributed by atoms with Gasteiger partial charge in [-0.3, -0.25) is 4.79 Å². The summed E-state index contributed by atoms with van der Waals surface area (Å²) in [7, 11) is 0. The molecule has 0 saturated carbocycles. The van der Waals surface area contributed by atoms with Gasteiger partial charge in [-0.05, 0) is 31.0 Å². The van der Waals surface area contributed by atoms with Gasteiger partial charge in [-0.1, -0.05) is 55.3 Å². The number of nitrogens with one attached hydrogen (secondary N) is 1. The molecule has 7 heteroatoms. The molecule has 0 fully saturated rings. The van der Waals surface area contributed by atoms with Gasteiger partial charge in [0.25, 0.3) is 0 Å². The lowest BCUT2D eigenvalue weighted by Crippen LogP contribution is -2.28. The highest BCUT2D eigenvalue weighted by Crippen LogP contribution is 2.19. The van der Waals surface area contributed by atoms with Crippen molar-refractivity contribution >= 4 is 29.3 Å². The molecule has 1 N–H and O–H groups in total. The fourth-order valence-corrected chi connectivity index (χ4v) is 3.27. The number of halogens is 1. The van der Waals surface area contributed by atoms with Gasteiger partial charge in [-0.2, -0.15) is 0 Å². The van der Waals surface area contributed by atoms with Gasteiger partial charge in [0.15, 0.2) is 5.16 Å². The van der Waals surface area contributed by atoms with E-state index in [4.69, 9.17) is 11.6 Å². The zero-order valence-electron chi connectivity index (χ0n) is 14.0. The first-order valence-corrected chi connectivity index (χ1v) is 9.52. The van der Waals surface area contributed by atoms with E-state index in [-0.39, 0.29) is 11.9 Å². The Morgan fingerprint density at radius 2 is 2.25 bits per heavy atom. The lowest BCUT2D eigenvalue weighted by Gasteiger charge is -2.14. The van der Waals surface area contributed by atoms with Crippen LogP contribution in [-0.2, 0) is 11.3 Å². The molecule has 0 unspecified atom stereocenters. The molecule has 0 spiro atoms. The van der Waals surface area contributed by atoms with Crippen LogP contribution in [0.3, 0.4) is 0 Å². The van der Waals surface area contributed by atoms with E-state index in [9.17, 15) is 4.79 Å². The predicted octanol–water partition coefficient (Wildman–Crippen LogP) is 4.09. The Balaban J connectivity index is 1.82. The van der Waals surface area contributed by atoms with Crippen LogP contribution in [0.1, 0.15) is 44.7 Å². The summed E-state index contributed by atoms with van der Waals surface area (Å²) < 4.78 is 2.01. The molecule has 0 aliphatic rings. The van der Waals surface area contributed by atoms with Gasteiger partial charge in [0.2, 0.25) is 5.91 Å². The molecule has 1 aromatic heterocycles. The van der Waals surface area contributed by atoms with Crippen LogP contribution in [0.15, 0.2) is 35.7 Å². The van der Waals surface area contributed by atoms with E-state index in [0.29, 0.717) is 10.8 Å². The van der Waals surface area contributed by atoms with Crippen LogP contribution in [0.2, 0.25) is 5.02 Å². The number of rotatable bonds is 9. The summed E-state index contributed by atoms with van der Waals surface area (Å²) in [6.07, 6.45) is 5.18. The number of thioether (sulfide) groups is 1. The van der Waals surface area contributed by atoms with Crippen LogP contribution >= 0.6 is 23.4 Å². The largest absolute Gasteiger partial charge is 0.349 e. The lowest BCUT2D eigenvalue weighted by molar-refractivity contribution is -0.119. The standard InChI is InChI=1S/C17H23ClN4OS/c1-3-4-5-9-22-12-19-21-17(22)24-11-16(23)20-13(2)14-7-6-8-15(18)10-14/h6-8,10,12-13H,3-5,9,11H2,1-2H3,(H,20,23)/t13-/m1/s1. The summed E-state index contributed by atoms with van der Waals surface area (Å²) in [6, 6.07) is 7.44. The van der Waals surface area contributed by atoms with E-state index in [1.165, 1.54) is 24.6 Å². The van der Waals surface area contributed by atoms with Gasteiger partial charge in [-0.25, -0.2) is 0 Å². The van der Waals surface area contributed by atoms with Crippen LogP contribution in [0.25, 0.3) is 0 Å². The topological polar surface area (TPSA) is 59.8 Å². The van der Waals surface area contributed by atoms with Crippen LogP contribution < -0.4 is 5.32 Å². The quantitative estimate of drug-likeness (QED) is 0.536. The fourth-order valence-electron chi connectivity index (χ4n) is 2.31. The highest BCUT2D eigenvalue weighted by atomic mass is 35.5. The second kappa shape index (κ2) is 9.69. The maximum atomic E-state index is 12.2. The fraction of sp³-hybridized carbons (Fsp3) is 0.471. The van der Waals surface area contributed by atoms with Gasteiger partial charge in [0.1, 0.15) is 6.33 Å². The van der Waals surface area contributed by atoms with E-state index in [2.05, 4.69) is 22.4 Å². The van der Waals surface area contributed by atoms with Crippen LogP contribution in [-0.4, -0.2) is 26.4 Å². The van der Waals surface area contributed by atoms with E-state index in [0.717, 1.165) is 23.7 Å². The van der Waals surface area contributed by atoms with Crippen molar-refractivity contribution < 1.29 is 4.79 Å². The van der Waals surface area contributed by atoms with E-state index >= 15 is 0 Å². The Hall–Kier alpha value is -1.53. The van der Waals surface area contributed by atoms with Gasteiger partial charge in [-0.15, -0.1) is 10.2 Å². The molecule has 2 aromatic rings. The Morgan fingerprint density at radius 1 is 1.42 bits per heavy atom. The number of aryl methyl sites for hydroxylation is 1. The first kappa shape index (κ1) is 18.8. The Kier molecular flexibility index (Phi) is 7.59. The number of hydrogen-bond donors (Lipinski definition) is 1. The van der Waals surface area contributed by atoms with E-state index in [1.807, 2.05) is 35.8 Å². The van der Waals surface area contributed by atoms with Crippen molar-refractivity contribution in [2.75, 3.05) is 5.75 Å². The minimum atomic E-state index is -0.0841. The van der Waals surface area contributed by atoms with Crippen molar-refractivity contribution in [3.63, 3.8) is 0 Å². The number of nitrogens with zero attached hydrogens (tertiary/aromatic N) is 3. The molecule has 5 nitrogen and oxygen atoms in total. The lowest BCUT2D eigenvalue weighted by atomic mass is 10.1. The van der Waals surface area contributed by atoms with Crippen molar-refractivity contribution in [3.05, 3.63) is 41.2 Å². The number of carbonyl (C=O) groups excluding carboxylic acids is 1. The van der Waals surface area contributed by atoms with E-state index in [1.54, 1.807) is 6.33 Å². The van der Waals surface area contributed by atoms with Gasteiger partial charge in [0, 0.05) is 11.6 Å². The monoisotopic (exact) mass is 366 g/mol. The van der Waals surface area contributed by atoms with Crippen LogP contribution in [0, 0.1) is 0 Å². The molecule has 1 heterocycles. The van der Waals surface area contributed by atoms with Crippen molar-refractivity contribution in [2.24, 2.45) is 0 Å². The summed E-state index contributed by atoms with van der Waals surface area (Å²) in [6.45, 7) is 5.01. The molecule has 2 rings (SSSR count). The number of unbranched alkanes of at least 4 members (excludes halogenated alkanes) is 2. The molecule has 130 valence electrons. The third kappa shape index (κ3) is 5.83. The molecule has 0 radical (unpaired) electrons. The Labute approximate surface area is 152 Å². The minimum Gasteiger partial charge on any atom is -0.349 e. The van der Waals surface area contributed by atoms with Crippen LogP contribution in [0.4, 0.5) is 0 Å². The van der Waals surface area contributed by atoms with Crippen LogP contribution in [0.5, 0.6) is 0 Å². The average Bonchev–Trinajstić information content (AvgIpc) is 3.00. The molecule has 24 heavy (non-hydrogen) atoms. The molecule has 0 aliphatic carbocycles. The summed E-state index contributed by atoms with van der Waals surface area (Å²) >= 11 is 7.40. The summed E-state index contributed by atoms with van der Waals surface area (Å²) in [5, 5.41) is 12.5. The van der Waals surface area contributed by atoms with Crippen molar-refractivity contribution in [1.29, 1.82) is 0 Å². The molecule has 1 amide bonds. The van der Waals surface area contributed by atoms with Crippen molar-refractivity contribution in [3.8, 4) is 0 Å². The second-order valence-corrected chi connectivity index (χ2v) is 7.03. The third-order valence-corrected chi connectivity index (χ3v) is 4.86. The highest BCUT2D eigenvalue weighted by Gasteiger charge is 2.12. The number of aromatic nitrogens is 3. The zero-order valence-corrected chi connectivity index (χ0v) is 15.6. The number of benzene rings is 1. The molecule has 0 saturated heterocycles. The third-order valence-electron chi connectivity index (χ3n) is 3.64. The average molecular weight is 367 g/mol. The predicted molar refractivity (Wildman–Crippen MR) is 98.3 cm³/mol. The second-order valence-electron chi connectivity index (χ2n) is 5.65. The first-order valence-electron chi connectivity index (χ1n) is 8.15. The van der Waals surface area contributed by atoms with E-state index < -0.39 is 0 Å². The smallest absolute Gasteiger partial charge is 0.230 e. The van der Waals surface area contributed by atoms with Gasteiger partial charge >= 0.3 is 0 Å². The normalized spacial score (nSPS) is 12.1. The zero-order chi connectivity index (χ0) is 17.4. The number of carbonyl (C=O) groups is 1. The van der Waals surface area contributed by atoms with Gasteiger partial charge in [0.05, 0.1) is 11.8 Å². The molecule has 1 atom stereocenters. The van der Waals surface area contributed by atoms with Crippen molar-refractivity contribution in [1.82, 2.24) is 20.1 Å². The number of hydrogen-bond acceptors (Lipinski definition) is 4. The summed E-state index contributed by atoms with van der Waals surface area (Å²) in [4.78, 5) is 12.2. The molecule has 0 aliphatic heterocycles. The number of amides is 1. The maximum absolute atomic E-state index is 12.2. The molecular weight excluding hydrogens is 344 g/mol. The maximum Gasteiger partial charge on any atom is 0.230 e. The SMILES string of the molecule is CCCCCn1cnnc1SCC(=O)N[C@H](C)c1cccc(Cl)c1. The minimum absolute atomic E-state index is 0.0319. The molecule has 1 aromatic carbocycles. The van der Waals surface area contributed by atoms with Gasteiger partial charge < -0.3 is 9.88 Å². The molecule has 0 bridgehead atoms. The Morgan fingerprint density at radius 3 is 3.00 bits per heavy atom. The molecular formula is C17H23ClN4OS.